The van der Waals surface area contributed by atoms with Gasteiger partial charge >= 0.3 is 5.97 Å². The Morgan fingerprint density at radius 3 is 2.67 bits per heavy atom. The summed E-state index contributed by atoms with van der Waals surface area (Å²) >= 11 is 0. The molecule has 1 aromatic carbocycles. The molecule has 5 heteroatoms. The van der Waals surface area contributed by atoms with Crippen LogP contribution in [-0.4, -0.2) is 27.8 Å². The summed E-state index contributed by atoms with van der Waals surface area (Å²) in [6.07, 6.45) is 3.58. The van der Waals surface area contributed by atoms with Gasteiger partial charge in [0.2, 0.25) is 0 Å². The van der Waals surface area contributed by atoms with Gasteiger partial charge in [0, 0.05) is 22.6 Å². The monoisotopic (exact) mass is 304 g/mol. The predicted molar refractivity (Wildman–Crippen MR) is 78.0 cm³/mol. The van der Waals surface area contributed by atoms with Crippen LogP contribution in [0, 0.1) is 11.3 Å². The number of hydrogen-bond donors (Lipinski definition) is 0. The van der Waals surface area contributed by atoms with E-state index in [9.17, 15) is 13.8 Å². The van der Waals surface area contributed by atoms with Crippen LogP contribution in [-0.2, 0) is 25.1 Å². The van der Waals surface area contributed by atoms with Gasteiger partial charge in [-0.25, -0.2) is 0 Å². The topological polar surface area (TPSA) is 60.4 Å². The zero-order chi connectivity index (χ0) is 15.0. The van der Waals surface area contributed by atoms with E-state index in [0.717, 1.165) is 0 Å². The van der Waals surface area contributed by atoms with E-state index in [1.807, 2.05) is 13.0 Å². The summed E-state index contributed by atoms with van der Waals surface area (Å²) in [6.45, 7) is 2.19. The van der Waals surface area contributed by atoms with Crippen molar-refractivity contribution in [3.05, 3.63) is 42.5 Å². The lowest BCUT2D eigenvalue weighted by Crippen LogP contribution is -2.52. The van der Waals surface area contributed by atoms with Crippen molar-refractivity contribution in [2.24, 2.45) is 11.3 Å². The average molecular weight is 304 g/mol. The number of allylic oxidation sites excluding steroid dienone is 1. The van der Waals surface area contributed by atoms with Gasteiger partial charge < -0.3 is 4.74 Å². The van der Waals surface area contributed by atoms with Gasteiger partial charge in [0.1, 0.15) is 11.9 Å². The van der Waals surface area contributed by atoms with Crippen molar-refractivity contribution in [1.29, 1.82) is 0 Å². The highest BCUT2D eigenvalue weighted by atomic mass is 32.2. The summed E-state index contributed by atoms with van der Waals surface area (Å²) in [5.74, 6) is -0.776. The Bertz CT molecular complexity index is 637. The second-order valence-electron chi connectivity index (χ2n) is 5.75. The number of esters is 1. The summed E-state index contributed by atoms with van der Waals surface area (Å²) in [5.41, 5.74) is -0.420. The molecule has 1 saturated heterocycles. The molecular weight excluding hydrogens is 288 g/mol. The molecule has 2 aliphatic rings. The van der Waals surface area contributed by atoms with Crippen LogP contribution in [0.5, 0.6) is 0 Å². The van der Waals surface area contributed by atoms with E-state index >= 15 is 0 Å². The van der Waals surface area contributed by atoms with E-state index in [2.05, 4.69) is 0 Å². The van der Waals surface area contributed by atoms with Crippen molar-refractivity contribution < 1.29 is 18.5 Å². The van der Waals surface area contributed by atoms with Crippen molar-refractivity contribution in [1.82, 2.24) is 0 Å². The van der Waals surface area contributed by atoms with Crippen molar-refractivity contribution in [2.45, 2.75) is 23.5 Å². The van der Waals surface area contributed by atoms with Crippen LogP contribution in [0.2, 0.25) is 0 Å². The number of carbonyl (C=O) groups is 2. The minimum absolute atomic E-state index is 0.0257. The highest BCUT2D eigenvalue weighted by molar-refractivity contribution is 7.86. The molecular formula is C16H16O4S. The van der Waals surface area contributed by atoms with Gasteiger partial charge in [-0.15, -0.1) is 0 Å². The molecule has 110 valence electrons. The molecule has 1 aliphatic carbocycles. The first kappa shape index (κ1) is 14.2. The minimum Gasteiger partial charge on any atom is -0.464 e. The number of ether oxygens (including phenoxy) is 1. The number of fused-ring (bicyclic) bond motifs is 1. The zero-order valence-electron chi connectivity index (χ0n) is 11.7. The van der Waals surface area contributed by atoms with Crippen LogP contribution in [0.4, 0.5) is 0 Å². The Morgan fingerprint density at radius 2 is 1.95 bits per heavy atom. The third kappa shape index (κ3) is 2.46. The Morgan fingerprint density at radius 1 is 1.24 bits per heavy atom. The molecule has 0 bridgehead atoms. The fraction of sp³-hybridized carbons (Fsp3) is 0.375. The Kier molecular flexibility index (Phi) is 3.53. The van der Waals surface area contributed by atoms with Crippen molar-refractivity contribution >= 4 is 22.6 Å². The molecule has 0 spiro atoms. The minimum atomic E-state index is -1.52. The molecule has 4 nitrogen and oxygen atoms in total. The summed E-state index contributed by atoms with van der Waals surface area (Å²) in [5, 5.41) is -0.792. The van der Waals surface area contributed by atoms with Crippen molar-refractivity contribution in [3.63, 3.8) is 0 Å². The molecule has 3 rings (SSSR count). The first-order valence-corrected chi connectivity index (χ1v) is 8.07. The molecule has 0 N–H and O–H groups in total. The lowest BCUT2D eigenvalue weighted by molar-refractivity contribution is -0.156. The van der Waals surface area contributed by atoms with Gasteiger partial charge in [0.15, 0.2) is 5.78 Å². The molecule has 1 aliphatic heterocycles. The molecule has 1 heterocycles. The lowest BCUT2D eigenvalue weighted by atomic mass is 9.69. The van der Waals surface area contributed by atoms with E-state index in [0.29, 0.717) is 4.90 Å². The number of cyclic esters (lactones) is 1. The SMILES string of the molecule is C[C@@]12C=CC(=O)C[C@@H]1[C@@H](S(=O)c1ccccc1)C(=O)OC2. The van der Waals surface area contributed by atoms with Crippen molar-refractivity contribution in [3.8, 4) is 0 Å². The quantitative estimate of drug-likeness (QED) is 0.783. The fourth-order valence-corrected chi connectivity index (χ4v) is 4.61. The third-order valence-electron chi connectivity index (χ3n) is 4.25. The van der Waals surface area contributed by atoms with E-state index in [1.165, 1.54) is 6.08 Å². The standard InChI is InChI=1S/C16H16O4S/c1-16-8-7-11(17)9-13(16)14(15(18)20-10-16)21(19)12-5-3-2-4-6-12/h2-8,13-14H,9-10H2,1H3/t13-,14-,16+,21?/m1/s1. The number of carbonyl (C=O) groups excluding carboxylic acids is 2. The maximum atomic E-state index is 12.8. The average Bonchev–Trinajstić information content (AvgIpc) is 2.49. The molecule has 0 radical (unpaired) electrons. The van der Waals surface area contributed by atoms with Gasteiger partial charge in [-0.1, -0.05) is 31.2 Å². The van der Waals surface area contributed by atoms with Crippen LogP contribution in [0.1, 0.15) is 13.3 Å². The third-order valence-corrected chi connectivity index (χ3v) is 5.97. The van der Waals surface area contributed by atoms with Crippen LogP contribution in [0.15, 0.2) is 47.4 Å². The maximum Gasteiger partial charge on any atom is 0.322 e. The second kappa shape index (κ2) is 5.22. The largest absolute Gasteiger partial charge is 0.464 e. The smallest absolute Gasteiger partial charge is 0.322 e. The Hall–Kier alpha value is -1.75. The molecule has 1 aromatic rings. The molecule has 21 heavy (non-hydrogen) atoms. The molecule has 0 saturated carbocycles. The van der Waals surface area contributed by atoms with Gasteiger partial charge in [0.25, 0.3) is 0 Å². The number of ketones is 1. The molecule has 0 amide bonds. The highest BCUT2D eigenvalue weighted by Crippen LogP contribution is 2.43. The summed E-state index contributed by atoms with van der Waals surface area (Å²) < 4.78 is 18.0. The van der Waals surface area contributed by atoms with Gasteiger partial charge in [0.05, 0.1) is 10.8 Å². The maximum absolute atomic E-state index is 12.8. The van der Waals surface area contributed by atoms with E-state index < -0.39 is 27.4 Å². The van der Waals surface area contributed by atoms with E-state index in [1.54, 1.807) is 30.3 Å². The first-order valence-electron chi connectivity index (χ1n) is 6.85. The summed E-state index contributed by atoms with van der Waals surface area (Å²) in [4.78, 5) is 24.5. The number of rotatable bonds is 2. The molecule has 1 unspecified atom stereocenters. The van der Waals surface area contributed by atoms with E-state index in [-0.39, 0.29) is 24.7 Å². The van der Waals surface area contributed by atoms with Gasteiger partial charge in [-0.2, -0.15) is 0 Å². The summed E-state index contributed by atoms with van der Waals surface area (Å²) in [6, 6.07) is 8.86. The Balaban J connectivity index is 1.99. The van der Waals surface area contributed by atoms with Crippen molar-refractivity contribution in [2.75, 3.05) is 6.61 Å². The lowest BCUT2D eigenvalue weighted by Gasteiger charge is -2.43. The van der Waals surface area contributed by atoms with Crippen LogP contribution >= 0.6 is 0 Å². The number of benzene rings is 1. The fourth-order valence-electron chi connectivity index (χ4n) is 2.94. The molecule has 0 aromatic heterocycles. The van der Waals surface area contributed by atoms with Gasteiger partial charge in [-0.05, 0) is 18.2 Å². The van der Waals surface area contributed by atoms with Crippen LogP contribution < -0.4 is 0 Å². The van der Waals surface area contributed by atoms with Crippen LogP contribution in [0.25, 0.3) is 0 Å². The normalized spacial score (nSPS) is 33.2. The van der Waals surface area contributed by atoms with Crippen LogP contribution in [0.3, 0.4) is 0 Å². The zero-order valence-corrected chi connectivity index (χ0v) is 12.5. The second-order valence-corrected chi connectivity index (χ2v) is 7.33. The van der Waals surface area contributed by atoms with Gasteiger partial charge in [-0.3, -0.25) is 13.8 Å². The highest BCUT2D eigenvalue weighted by Gasteiger charge is 2.51. The predicted octanol–water partition coefficient (Wildman–Crippen LogP) is 1.87. The Labute approximate surface area is 125 Å². The molecule has 1 fully saturated rings. The first-order chi connectivity index (χ1) is 10.0. The number of hydrogen-bond acceptors (Lipinski definition) is 4. The van der Waals surface area contributed by atoms with E-state index in [4.69, 9.17) is 4.74 Å². The summed E-state index contributed by atoms with van der Waals surface area (Å²) in [7, 11) is -1.52. The molecule has 4 atom stereocenters.